The minimum Gasteiger partial charge on any atom is -0.497 e. The molecular formula is C19H21NO3. The monoisotopic (exact) mass is 311 g/mol. The molecule has 0 bridgehead atoms. The first kappa shape index (κ1) is 15.4. The molecule has 0 aromatic heterocycles. The highest BCUT2D eigenvalue weighted by atomic mass is 16.5. The highest BCUT2D eigenvalue weighted by molar-refractivity contribution is 5.93. The van der Waals surface area contributed by atoms with E-state index in [1.54, 1.807) is 7.11 Å². The largest absolute Gasteiger partial charge is 0.497 e. The molecule has 0 saturated carbocycles. The highest BCUT2D eigenvalue weighted by Gasteiger charge is 2.26. The van der Waals surface area contributed by atoms with Crippen molar-refractivity contribution in [1.82, 2.24) is 0 Å². The fourth-order valence-electron chi connectivity index (χ4n) is 2.85. The summed E-state index contributed by atoms with van der Waals surface area (Å²) in [5, 5.41) is 3.04. The summed E-state index contributed by atoms with van der Waals surface area (Å²) in [5.74, 6) is 1.42. The smallest absolute Gasteiger partial charge is 0.231 e. The van der Waals surface area contributed by atoms with Crippen LogP contribution >= 0.6 is 0 Å². The molecule has 120 valence electrons. The van der Waals surface area contributed by atoms with Crippen LogP contribution < -0.4 is 14.8 Å². The number of amides is 1. The quantitative estimate of drug-likeness (QED) is 0.941. The van der Waals surface area contributed by atoms with Crippen molar-refractivity contribution in [3.63, 3.8) is 0 Å². The maximum absolute atomic E-state index is 12.6. The third kappa shape index (κ3) is 3.31. The van der Waals surface area contributed by atoms with Gasteiger partial charge in [0.05, 0.1) is 13.0 Å². The van der Waals surface area contributed by atoms with Gasteiger partial charge in [-0.3, -0.25) is 4.79 Å². The van der Waals surface area contributed by atoms with Gasteiger partial charge in [-0.05, 0) is 48.2 Å². The van der Waals surface area contributed by atoms with Crippen LogP contribution in [-0.2, 0) is 17.6 Å². The molecule has 1 N–H and O–H groups in total. The Morgan fingerprint density at radius 2 is 2.13 bits per heavy atom. The zero-order valence-corrected chi connectivity index (χ0v) is 13.5. The molecule has 1 aliphatic rings. The van der Waals surface area contributed by atoms with Gasteiger partial charge in [-0.1, -0.05) is 25.1 Å². The normalized spacial score (nSPS) is 16.2. The third-order valence-electron chi connectivity index (χ3n) is 4.20. The minimum atomic E-state index is -0.195. The van der Waals surface area contributed by atoms with E-state index in [0.29, 0.717) is 13.0 Å². The predicted molar refractivity (Wildman–Crippen MR) is 90.1 cm³/mol. The molecule has 1 aliphatic heterocycles. The van der Waals surface area contributed by atoms with Gasteiger partial charge < -0.3 is 14.8 Å². The lowest BCUT2D eigenvalue weighted by Crippen LogP contribution is -2.32. The second-order valence-corrected chi connectivity index (χ2v) is 5.69. The van der Waals surface area contributed by atoms with Crippen LogP contribution in [0.25, 0.3) is 0 Å². The first-order valence-corrected chi connectivity index (χ1v) is 7.89. The van der Waals surface area contributed by atoms with Gasteiger partial charge in [-0.2, -0.15) is 0 Å². The molecule has 1 atom stereocenters. The van der Waals surface area contributed by atoms with Crippen molar-refractivity contribution in [2.75, 3.05) is 19.0 Å². The number of hydrogen-bond acceptors (Lipinski definition) is 3. The maximum Gasteiger partial charge on any atom is 0.231 e. The Balaban J connectivity index is 1.74. The average molecular weight is 311 g/mol. The molecule has 0 saturated heterocycles. The van der Waals surface area contributed by atoms with Crippen LogP contribution in [0, 0.1) is 5.92 Å². The van der Waals surface area contributed by atoms with Gasteiger partial charge in [0.2, 0.25) is 5.91 Å². The van der Waals surface area contributed by atoms with Crippen LogP contribution in [0.2, 0.25) is 0 Å². The van der Waals surface area contributed by atoms with Crippen LogP contribution in [0.5, 0.6) is 11.5 Å². The molecule has 3 rings (SSSR count). The Labute approximate surface area is 136 Å². The summed E-state index contributed by atoms with van der Waals surface area (Å²) >= 11 is 0. The lowest BCUT2D eigenvalue weighted by molar-refractivity contribution is -0.121. The Morgan fingerprint density at radius 1 is 1.30 bits per heavy atom. The van der Waals surface area contributed by atoms with Gasteiger partial charge in [0.1, 0.15) is 18.1 Å². The van der Waals surface area contributed by atoms with Crippen molar-refractivity contribution in [3.05, 3.63) is 53.6 Å². The second-order valence-electron chi connectivity index (χ2n) is 5.69. The summed E-state index contributed by atoms with van der Waals surface area (Å²) < 4.78 is 11.0. The fourth-order valence-corrected chi connectivity index (χ4v) is 2.85. The van der Waals surface area contributed by atoms with Crippen LogP contribution in [0.15, 0.2) is 42.5 Å². The lowest BCUT2D eigenvalue weighted by Gasteiger charge is -2.25. The van der Waals surface area contributed by atoms with E-state index in [-0.39, 0.29) is 11.8 Å². The molecule has 2 aromatic carbocycles. The number of anilines is 1. The van der Waals surface area contributed by atoms with E-state index in [9.17, 15) is 4.79 Å². The van der Waals surface area contributed by atoms with Gasteiger partial charge in [0.15, 0.2) is 0 Å². The highest BCUT2D eigenvalue weighted by Crippen LogP contribution is 2.31. The molecule has 1 heterocycles. The van der Waals surface area contributed by atoms with E-state index in [1.807, 2.05) is 42.5 Å². The molecule has 23 heavy (non-hydrogen) atoms. The summed E-state index contributed by atoms with van der Waals surface area (Å²) in [6.07, 6.45) is 1.55. The van der Waals surface area contributed by atoms with Crippen molar-refractivity contribution in [1.29, 1.82) is 0 Å². The number of carbonyl (C=O) groups excluding carboxylic acids is 1. The van der Waals surface area contributed by atoms with Gasteiger partial charge in [-0.15, -0.1) is 0 Å². The number of ether oxygens (including phenoxy) is 2. The summed E-state index contributed by atoms with van der Waals surface area (Å²) in [5.41, 5.74) is 3.04. The summed E-state index contributed by atoms with van der Waals surface area (Å²) in [4.78, 5) is 12.6. The molecule has 4 heteroatoms. The number of hydrogen-bond donors (Lipinski definition) is 1. The summed E-state index contributed by atoms with van der Waals surface area (Å²) in [7, 11) is 1.64. The number of para-hydroxylation sites is 1. The summed E-state index contributed by atoms with van der Waals surface area (Å²) in [6.45, 7) is 2.48. The number of nitrogens with one attached hydrogen (secondary N) is 1. The van der Waals surface area contributed by atoms with E-state index < -0.39 is 0 Å². The Hall–Kier alpha value is -2.49. The molecule has 4 nitrogen and oxygen atoms in total. The Bertz CT molecular complexity index is 712. The van der Waals surface area contributed by atoms with Crippen LogP contribution in [-0.4, -0.2) is 19.6 Å². The number of carbonyl (C=O) groups is 1. The topological polar surface area (TPSA) is 47.6 Å². The van der Waals surface area contributed by atoms with Crippen molar-refractivity contribution < 1.29 is 14.3 Å². The zero-order chi connectivity index (χ0) is 16.2. The van der Waals surface area contributed by atoms with Gasteiger partial charge in [0, 0.05) is 5.69 Å². The van der Waals surface area contributed by atoms with E-state index in [0.717, 1.165) is 34.7 Å². The van der Waals surface area contributed by atoms with Crippen LogP contribution in [0.3, 0.4) is 0 Å². The van der Waals surface area contributed by atoms with E-state index in [4.69, 9.17) is 9.47 Å². The Kier molecular flexibility index (Phi) is 4.51. The molecule has 0 fully saturated rings. The van der Waals surface area contributed by atoms with Crippen molar-refractivity contribution in [2.24, 2.45) is 5.92 Å². The Morgan fingerprint density at radius 3 is 2.91 bits per heavy atom. The molecule has 2 aromatic rings. The molecule has 0 aliphatic carbocycles. The minimum absolute atomic E-state index is 0.000583. The molecule has 1 amide bonds. The first-order chi connectivity index (χ1) is 11.2. The standard InChI is InChI=1S/C19H21NO3/c1-3-13-6-4-5-7-17(13)20-19(21)15-10-14-11-16(22-2)8-9-18(14)23-12-15/h4-9,11,15H,3,10,12H2,1-2H3,(H,20,21)/t15-/m0/s1. The van der Waals surface area contributed by atoms with Gasteiger partial charge >= 0.3 is 0 Å². The van der Waals surface area contributed by atoms with Gasteiger partial charge in [0.25, 0.3) is 0 Å². The van der Waals surface area contributed by atoms with Gasteiger partial charge in [-0.25, -0.2) is 0 Å². The molecule has 0 radical (unpaired) electrons. The van der Waals surface area contributed by atoms with Crippen molar-refractivity contribution >= 4 is 11.6 Å². The number of aryl methyl sites for hydroxylation is 1. The molecular weight excluding hydrogens is 290 g/mol. The van der Waals surface area contributed by atoms with E-state index >= 15 is 0 Å². The maximum atomic E-state index is 12.6. The zero-order valence-electron chi connectivity index (χ0n) is 13.5. The van der Waals surface area contributed by atoms with Crippen molar-refractivity contribution in [2.45, 2.75) is 19.8 Å². The SMILES string of the molecule is CCc1ccccc1NC(=O)[C@@H]1COc2ccc(OC)cc2C1. The lowest BCUT2D eigenvalue weighted by atomic mass is 9.95. The fraction of sp³-hybridized carbons (Fsp3) is 0.316. The molecule has 0 unspecified atom stereocenters. The number of rotatable bonds is 4. The van der Waals surface area contributed by atoms with E-state index in [1.165, 1.54) is 0 Å². The van der Waals surface area contributed by atoms with E-state index in [2.05, 4.69) is 12.2 Å². The average Bonchev–Trinajstić information content (AvgIpc) is 2.61. The number of fused-ring (bicyclic) bond motifs is 1. The third-order valence-corrected chi connectivity index (χ3v) is 4.20. The van der Waals surface area contributed by atoms with Crippen LogP contribution in [0.1, 0.15) is 18.1 Å². The predicted octanol–water partition coefficient (Wildman–Crippen LogP) is 3.45. The number of benzene rings is 2. The van der Waals surface area contributed by atoms with Crippen molar-refractivity contribution in [3.8, 4) is 11.5 Å². The molecule has 0 spiro atoms. The van der Waals surface area contributed by atoms with Crippen LogP contribution in [0.4, 0.5) is 5.69 Å². The second kappa shape index (κ2) is 6.73. The number of methoxy groups -OCH3 is 1. The first-order valence-electron chi connectivity index (χ1n) is 7.89. The summed E-state index contributed by atoms with van der Waals surface area (Å²) in [6, 6.07) is 13.6.